The SMILES string of the molecule is O=C(OC1(c2ccccc2)CCNCC1)c1ccc(O)cc1O. The third-order valence-electron chi connectivity index (χ3n) is 4.20. The Morgan fingerprint density at radius 3 is 2.39 bits per heavy atom. The molecule has 2 aromatic carbocycles. The predicted molar refractivity (Wildman–Crippen MR) is 85.4 cm³/mol. The molecule has 1 fully saturated rings. The van der Waals surface area contributed by atoms with Crippen LogP contribution in [0.15, 0.2) is 48.5 Å². The number of benzene rings is 2. The number of ether oxygens (including phenoxy) is 1. The third-order valence-corrected chi connectivity index (χ3v) is 4.20. The van der Waals surface area contributed by atoms with Crippen molar-refractivity contribution in [1.29, 1.82) is 0 Å². The quantitative estimate of drug-likeness (QED) is 0.759. The summed E-state index contributed by atoms with van der Waals surface area (Å²) in [5.74, 6) is -0.973. The molecule has 0 aliphatic carbocycles. The molecule has 0 atom stereocenters. The normalized spacial score (nSPS) is 16.7. The molecule has 3 rings (SSSR count). The molecule has 0 saturated carbocycles. The number of phenolic OH excluding ortho intramolecular Hbond substituents is 2. The lowest BCUT2D eigenvalue weighted by Crippen LogP contribution is -2.43. The Bertz CT molecular complexity index is 693. The van der Waals surface area contributed by atoms with E-state index in [9.17, 15) is 15.0 Å². The number of carbonyl (C=O) groups excluding carboxylic acids is 1. The Hall–Kier alpha value is -2.53. The van der Waals surface area contributed by atoms with Crippen molar-refractivity contribution in [1.82, 2.24) is 5.32 Å². The summed E-state index contributed by atoms with van der Waals surface area (Å²) >= 11 is 0. The van der Waals surface area contributed by atoms with Gasteiger partial charge in [-0.2, -0.15) is 0 Å². The van der Waals surface area contributed by atoms with Crippen LogP contribution in [-0.2, 0) is 10.3 Å². The van der Waals surface area contributed by atoms with Crippen LogP contribution in [0.25, 0.3) is 0 Å². The summed E-state index contributed by atoms with van der Waals surface area (Å²) in [4.78, 5) is 12.5. The van der Waals surface area contributed by atoms with Crippen LogP contribution in [0, 0.1) is 0 Å². The average molecular weight is 313 g/mol. The Morgan fingerprint density at radius 1 is 1.04 bits per heavy atom. The van der Waals surface area contributed by atoms with Gasteiger partial charge in [-0.1, -0.05) is 30.3 Å². The summed E-state index contributed by atoms with van der Waals surface area (Å²) in [5.41, 5.74) is 0.304. The van der Waals surface area contributed by atoms with Gasteiger partial charge in [-0.05, 0) is 30.8 Å². The van der Waals surface area contributed by atoms with Gasteiger partial charge in [0.15, 0.2) is 0 Å². The van der Waals surface area contributed by atoms with Crippen LogP contribution < -0.4 is 5.32 Å². The van der Waals surface area contributed by atoms with Gasteiger partial charge in [0.25, 0.3) is 0 Å². The third kappa shape index (κ3) is 3.14. The van der Waals surface area contributed by atoms with Crippen molar-refractivity contribution < 1.29 is 19.7 Å². The van der Waals surface area contributed by atoms with Crippen LogP contribution in [0.3, 0.4) is 0 Å². The molecule has 1 aliphatic rings. The first-order valence-corrected chi connectivity index (χ1v) is 7.62. The maximum atomic E-state index is 12.5. The molecule has 0 bridgehead atoms. The zero-order chi connectivity index (χ0) is 16.3. The van der Waals surface area contributed by atoms with E-state index in [4.69, 9.17) is 4.74 Å². The highest BCUT2D eigenvalue weighted by Gasteiger charge is 2.38. The highest BCUT2D eigenvalue weighted by molar-refractivity contribution is 5.93. The van der Waals surface area contributed by atoms with Crippen LogP contribution in [0.5, 0.6) is 11.5 Å². The Labute approximate surface area is 134 Å². The molecule has 0 spiro atoms. The second kappa shape index (κ2) is 6.30. The number of carbonyl (C=O) groups is 1. The first-order valence-electron chi connectivity index (χ1n) is 7.62. The number of aromatic hydroxyl groups is 2. The van der Waals surface area contributed by atoms with E-state index in [1.165, 1.54) is 12.1 Å². The molecule has 0 unspecified atom stereocenters. The van der Waals surface area contributed by atoms with Gasteiger partial charge in [0.1, 0.15) is 22.7 Å². The largest absolute Gasteiger partial charge is 0.508 e. The fourth-order valence-corrected chi connectivity index (χ4v) is 2.95. The molecular formula is C18H19NO4. The maximum absolute atomic E-state index is 12.5. The topological polar surface area (TPSA) is 78.8 Å². The van der Waals surface area contributed by atoms with Gasteiger partial charge in [-0.3, -0.25) is 0 Å². The predicted octanol–water partition coefficient (Wildman–Crippen LogP) is 2.53. The van der Waals surface area contributed by atoms with E-state index in [1.54, 1.807) is 0 Å². The number of hydrogen-bond acceptors (Lipinski definition) is 5. The summed E-state index contributed by atoms with van der Waals surface area (Å²) in [6.07, 6.45) is 1.34. The molecule has 120 valence electrons. The first kappa shape index (κ1) is 15.4. The van der Waals surface area contributed by atoms with Crippen LogP contribution in [-0.4, -0.2) is 29.3 Å². The molecule has 5 heteroatoms. The van der Waals surface area contributed by atoms with Gasteiger partial charge in [0.2, 0.25) is 0 Å². The van der Waals surface area contributed by atoms with Gasteiger partial charge in [0, 0.05) is 18.9 Å². The van der Waals surface area contributed by atoms with E-state index in [0.29, 0.717) is 12.8 Å². The van der Waals surface area contributed by atoms with Crippen molar-refractivity contribution in [2.75, 3.05) is 13.1 Å². The molecule has 1 aliphatic heterocycles. The van der Waals surface area contributed by atoms with Crippen LogP contribution in [0.1, 0.15) is 28.8 Å². The van der Waals surface area contributed by atoms with E-state index < -0.39 is 11.6 Å². The Kier molecular flexibility index (Phi) is 4.21. The van der Waals surface area contributed by atoms with Crippen molar-refractivity contribution in [2.45, 2.75) is 18.4 Å². The van der Waals surface area contributed by atoms with E-state index in [1.807, 2.05) is 30.3 Å². The summed E-state index contributed by atoms with van der Waals surface area (Å²) in [6, 6.07) is 13.5. The molecule has 23 heavy (non-hydrogen) atoms. The molecule has 5 nitrogen and oxygen atoms in total. The number of hydrogen-bond donors (Lipinski definition) is 3. The second-order valence-corrected chi connectivity index (χ2v) is 5.70. The lowest BCUT2D eigenvalue weighted by atomic mass is 9.84. The summed E-state index contributed by atoms with van der Waals surface area (Å²) < 4.78 is 5.85. The fraction of sp³-hybridized carbons (Fsp3) is 0.278. The molecule has 0 aromatic heterocycles. The van der Waals surface area contributed by atoms with Crippen molar-refractivity contribution in [3.8, 4) is 11.5 Å². The van der Waals surface area contributed by atoms with E-state index in [-0.39, 0.29) is 17.1 Å². The lowest BCUT2D eigenvalue weighted by molar-refractivity contribution is -0.0380. The molecule has 2 aromatic rings. The fourth-order valence-electron chi connectivity index (χ4n) is 2.95. The van der Waals surface area contributed by atoms with Crippen molar-refractivity contribution in [2.24, 2.45) is 0 Å². The maximum Gasteiger partial charge on any atom is 0.342 e. The van der Waals surface area contributed by atoms with Crippen LogP contribution in [0.2, 0.25) is 0 Å². The van der Waals surface area contributed by atoms with Crippen molar-refractivity contribution >= 4 is 5.97 Å². The van der Waals surface area contributed by atoms with Crippen LogP contribution in [0.4, 0.5) is 0 Å². The molecule has 1 heterocycles. The smallest absolute Gasteiger partial charge is 0.342 e. The monoisotopic (exact) mass is 313 g/mol. The van der Waals surface area contributed by atoms with Gasteiger partial charge in [-0.15, -0.1) is 0 Å². The highest BCUT2D eigenvalue weighted by Crippen LogP contribution is 2.36. The average Bonchev–Trinajstić information content (AvgIpc) is 2.56. The van der Waals surface area contributed by atoms with Gasteiger partial charge in [-0.25, -0.2) is 4.79 Å². The molecule has 1 saturated heterocycles. The second-order valence-electron chi connectivity index (χ2n) is 5.70. The Morgan fingerprint density at radius 2 is 1.74 bits per heavy atom. The number of phenols is 2. The standard InChI is InChI=1S/C18H19NO4/c20-14-6-7-15(16(21)12-14)17(22)23-18(8-10-19-11-9-18)13-4-2-1-3-5-13/h1-7,12,19-21H,8-11H2. The molecule has 0 amide bonds. The van der Waals surface area contributed by atoms with Gasteiger partial charge in [0.05, 0.1) is 0 Å². The molecule has 3 N–H and O–H groups in total. The van der Waals surface area contributed by atoms with Crippen molar-refractivity contribution in [3.05, 3.63) is 59.7 Å². The van der Waals surface area contributed by atoms with Crippen LogP contribution >= 0.6 is 0 Å². The van der Waals surface area contributed by atoms with E-state index in [2.05, 4.69) is 5.32 Å². The minimum Gasteiger partial charge on any atom is -0.508 e. The highest BCUT2D eigenvalue weighted by atomic mass is 16.6. The van der Waals surface area contributed by atoms with Gasteiger partial charge >= 0.3 is 5.97 Å². The minimum atomic E-state index is -0.700. The summed E-state index contributed by atoms with van der Waals surface area (Å²) in [6.45, 7) is 1.51. The van der Waals surface area contributed by atoms with E-state index >= 15 is 0 Å². The van der Waals surface area contributed by atoms with E-state index in [0.717, 1.165) is 24.7 Å². The number of esters is 1. The summed E-state index contributed by atoms with van der Waals surface area (Å²) in [5, 5.41) is 22.5. The Balaban J connectivity index is 1.91. The van der Waals surface area contributed by atoms with Gasteiger partial charge < -0.3 is 20.3 Å². The molecular weight excluding hydrogens is 294 g/mol. The number of piperidine rings is 1. The minimum absolute atomic E-state index is 0.0524. The zero-order valence-corrected chi connectivity index (χ0v) is 12.7. The number of rotatable bonds is 3. The molecule has 0 radical (unpaired) electrons. The lowest BCUT2D eigenvalue weighted by Gasteiger charge is -2.37. The first-order chi connectivity index (χ1) is 11.1. The van der Waals surface area contributed by atoms with Crippen molar-refractivity contribution in [3.63, 3.8) is 0 Å². The zero-order valence-electron chi connectivity index (χ0n) is 12.7. The summed E-state index contributed by atoms with van der Waals surface area (Å²) in [7, 11) is 0. The number of nitrogens with one attached hydrogen (secondary N) is 1.